The van der Waals surface area contributed by atoms with Crippen molar-refractivity contribution in [2.75, 3.05) is 18.2 Å². The lowest BCUT2D eigenvalue weighted by Crippen LogP contribution is -2.36. The third kappa shape index (κ3) is 5.80. The van der Waals surface area contributed by atoms with Crippen LogP contribution in [0.4, 0.5) is 5.82 Å². The fraction of sp³-hybridized carbons (Fsp3) is 0.455. The number of nitrogen functional groups attached to an aromatic ring is 2. The first-order valence-corrected chi connectivity index (χ1v) is 8.77. The molecule has 0 unspecified atom stereocenters. The number of anilines is 1. The first-order chi connectivity index (χ1) is 12.6. The first-order valence-electron chi connectivity index (χ1n) is 7.24. The van der Waals surface area contributed by atoms with Crippen LogP contribution in [0, 0.1) is 0 Å². The molecule has 16 heteroatoms. The van der Waals surface area contributed by atoms with Gasteiger partial charge in [-0.05, 0) is 6.07 Å². The summed E-state index contributed by atoms with van der Waals surface area (Å²) in [6.45, 7) is -0.657. The van der Waals surface area contributed by atoms with Gasteiger partial charge in [0.25, 0.3) is 0 Å². The van der Waals surface area contributed by atoms with E-state index in [1.165, 1.54) is 29.6 Å². The Kier molecular flexibility index (Phi) is 6.61. The van der Waals surface area contributed by atoms with E-state index in [0.717, 1.165) is 4.57 Å². The van der Waals surface area contributed by atoms with E-state index in [0.29, 0.717) is 0 Å². The molecule has 1 aliphatic rings. The molecule has 150 valence electrons. The Morgan fingerprint density at radius 2 is 1.89 bits per heavy atom. The van der Waals surface area contributed by atoms with Gasteiger partial charge in [0.05, 0.1) is 6.61 Å². The zero-order chi connectivity index (χ0) is 20.2. The predicted octanol–water partition coefficient (Wildman–Crippen LogP) is -3.45. The fourth-order valence-corrected chi connectivity index (χ4v) is 2.44. The number of aromatic nitrogens is 5. The Bertz CT molecular complexity index is 839. The van der Waals surface area contributed by atoms with Gasteiger partial charge in [-0.15, -0.1) is 10.2 Å². The number of aliphatic hydroxyl groups excluding tert-OH is 2. The molecular formula is C11H18N7O8P. The lowest BCUT2D eigenvalue weighted by molar-refractivity contribution is -0.0542. The largest absolute Gasteiger partial charge is 0.469 e. The summed E-state index contributed by atoms with van der Waals surface area (Å²) >= 11 is 0. The molecule has 0 amide bonds. The Morgan fingerprint density at radius 3 is 2.37 bits per heavy atom. The number of phosphoric ester groups is 1. The van der Waals surface area contributed by atoms with E-state index in [1.807, 2.05) is 0 Å². The van der Waals surface area contributed by atoms with Crippen LogP contribution < -0.4 is 17.3 Å². The highest BCUT2D eigenvalue weighted by Gasteiger charge is 2.44. The summed E-state index contributed by atoms with van der Waals surface area (Å²) in [6.07, 6.45) is -1.44. The van der Waals surface area contributed by atoms with E-state index in [2.05, 4.69) is 19.7 Å². The number of nitrogens with zero attached hydrogens (tertiary/aromatic N) is 5. The topological polar surface area (TPSA) is 234 Å². The number of aliphatic hydroxyl groups is 2. The minimum atomic E-state index is -4.74. The second-order valence-corrected chi connectivity index (χ2v) is 6.52. The van der Waals surface area contributed by atoms with Crippen LogP contribution in [0.15, 0.2) is 29.7 Å². The number of rotatable bonds is 4. The fourth-order valence-electron chi connectivity index (χ4n) is 2.10. The van der Waals surface area contributed by atoms with E-state index in [-0.39, 0.29) is 5.82 Å². The van der Waals surface area contributed by atoms with Crippen molar-refractivity contribution in [3.63, 3.8) is 0 Å². The summed E-state index contributed by atoms with van der Waals surface area (Å²) in [5.74, 6) is 5.05. The molecule has 0 bridgehead atoms. The second-order valence-electron chi connectivity index (χ2n) is 5.28. The molecule has 0 saturated carbocycles. The summed E-state index contributed by atoms with van der Waals surface area (Å²) < 4.78 is 22.2. The second kappa shape index (κ2) is 8.53. The van der Waals surface area contributed by atoms with Gasteiger partial charge in [-0.3, -0.25) is 9.09 Å². The van der Waals surface area contributed by atoms with Crippen LogP contribution in [0.5, 0.6) is 0 Å². The molecule has 27 heavy (non-hydrogen) atoms. The molecule has 15 nitrogen and oxygen atoms in total. The molecule has 0 aromatic carbocycles. The van der Waals surface area contributed by atoms with Crippen LogP contribution in [0.1, 0.15) is 6.23 Å². The molecule has 0 aliphatic carbocycles. The van der Waals surface area contributed by atoms with Crippen molar-refractivity contribution in [1.82, 2.24) is 24.4 Å². The highest BCUT2D eigenvalue weighted by Crippen LogP contribution is 2.38. The molecule has 3 heterocycles. The number of hydrogen-bond acceptors (Lipinski definition) is 11. The van der Waals surface area contributed by atoms with E-state index >= 15 is 0 Å². The maximum atomic E-state index is 11.6. The Balaban J connectivity index is 0.000000369. The van der Waals surface area contributed by atoms with E-state index < -0.39 is 44.7 Å². The Labute approximate surface area is 151 Å². The molecule has 1 aliphatic heterocycles. The van der Waals surface area contributed by atoms with Crippen molar-refractivity contribution in [2.45, 2.75) is 24.5 Å². The summed E-state index contributed by atoms with van der Waals surface area (Å²) in [7, 11) is -4.74. The minimum Gasteiger partial charge on any atom is -0.387 e. The summed E-state index contributed by atoms with van der Waals surface area (Å²) in [6, 6.07) is 1.29. The van der Waals surface area contributed by atoms with Gasteiger partial charge in [0.2, 0.25) is 0 Å². The lowest BCUT2D eigenvalue weighted by atomic mass is 10.1. The third-order valence-corrected chi connectivity index (χ3v) is 3.79. The van der Waals surface area contributed by atoms with Crippen molar-refractivity contribution in [3.8, 4) is 0 Å². The molecule has 8 N–H and O–H groups in total. The SMILES string of the molecule is Nc1ccn([C@@H]2O[C@H](COP(=O)(O)O)[C@@H](O)[C@H]2O)c(=O)n1.Nn1cnnc1. The van der Waals surface area contributed by atoms with Crippen LogP contribution in [0.3, 0.4) is 0 Å². The molecule has 0 radical (unpaired) electrons. The smallest absolute Gasteiger partial charge is 0.387 e. The van der Waals surface area contributed by atoms with Crippen molar-refractivity contribution in [3.05, 3.63) is 35.4 Å². The van der Waals surface area contributed by atoms with Crippen LogP contribution >= 0.6 is 7.82 Å². The zero-order valence-electron chi connectivity index (χ0n) is 13.6. The Morgan fingerprint density at radius 1 is 1.26 bits per heavy atom. The van der Waals surface area contributed by atoms with Crippen molar-refractivity contribution < 1.29 is 33.8 Å². The van der Waals surface area contributed by atoms with Gasteiger partial charge in [0.15, 0.2) is 6.23 Å². The number of ether oxygens (including phenoxy) is 1. The summed E-state index contributed by atoms with van der Waals surface area (Å²) in [4.78, 5) is 32.3. The van der Waals surface area contributed by atoms with Gasteiger partial charge >= 0.3 is 13.5 Å². The summed E-state index contributed by atoms with van der Waals surface area (Å²) in [5.41, 5.74) is 4.52. The predicted molar refractivity (Wildman–Crippen MR) is 87.0 cm³/mol. The monoisotopic (exact) mass is 407 g/mol. The average Bonchev–Trinajstić information content (AvgIpc) is 3.15. The maximum absolute atomic E-state index is 11.6. The molecule has 2 aromatic rings. The average molecular weight is 407 g/mol. The highest BCUT2D eigenvalue weighted by molar-refractivity contribution is 7.46. The quantitative estimate of drug-likeness (QED) is 0.214. The van der Waals surface area contributed by atoms with Crippen LogP contribution in [-0.2, 0) is 13.8 Å². The zero-order valence-corrected chi connectivity index (χ0v) is 14.5. The van der Waals surface area contributed by atoms with E-state index in [9.17, 15) is 19.6 Å². The standard InChI is InChI=1S/C9H14N3O8P.C2H4N4/c10-5-1-2-12(9(15)11-5)8-7(14)6(13)4(20-8)3-19-21(16,17)18;3-6-1-4-5-2-6/h1-2,4,6-8,13-14H,3H2,(H2,10,11,15)(H2,16,17,18);1-2H,3H2/t4-,6-,7-,8-;/m1./s1. The lowest BCUT2D eigenvalue weighted by Gasteiger charge is -2.16. The third-order valence-electron chi connectivity index (χ3n) is 3.31. The van der Waals surface area contributed by atoms with Gasteiger partial charge in [-0.2, -0.15) is 4.98 Å². The van der Waals surface area contributed by atoms with Crippen molar-refractivity contribution >= 4 is 13.6 Å². The van der Waals surface area contributed by atoms with Gasteiger partial charge < -0.3 is 36.3 Å². The van der Waals surface area contributed by atoms with Crippen LogP contribution in [-0.4, -0.2) is 69.3 Å². The van der Waals surface area contributed by atoms with Gasteiger partial charge in [0.1, 0.15) is 36.8 Å². The molecule has 3 rings (SSSR count). The summed E-state index contributed by atoms with van der Waals surface area (Å²) in [5, 5.41) is 26.4. The molecule has 0 spiro atoms. The molecule has 1 fully saturated rings. The molecule has 1 saturated heterocycles. The highest BCUT2D eigenvalue weighted by atomic mass is 31.2. The van der Waals surface area contributed by atoms with Crippen LogP contribution in [0.25, 0.3) is 0 Å². The molecule has 2 aromatic heterocycles. The molecule has 4 atom stereocenters. The minimum absolute atomic E-state index is 0.0225. The van der Waals surface area contributed by atoms with Gasteiger partial charge in [0, 0.05) is 6.20 Å². The van der Waals surface area contributed by atoms with Crippen LogP contribution in [0.2, 0.25) is 0 Å². The van der Waals surface area contributed by atoms with Gasteiger partial charge in [-0.1, -0.05) is 0 Å². The number of nitrogens with two attached hydrogens (primary N) is 2. The number of phosphoric acid groups is 1. The van der Waals surface area contributed by atoms with Crippen molar-refractivity contribution in [2.24, 2.45) is 0 Å². The van der Waals surface area contributed by atoms with E-state index in [1.54, 1.807) is 0 Å². The molecular weight excluding hydrogens is 389 g/mol. The number of hydrogen-bond donors (Lipinski definition) is 6. The Hall–Kier alpha value is -2.39. The maximum Gasteiger partial charge on any atom is 0.469 e. The first kappa shape index (κ1) is 20.9. The normalized spacial score (nSPS) is 25.0. The van der Waals surface area contributed by atoms with Gasteiger partial charge in [-0.25, -0.2) is 14.0 Å². The van der Waals surface area contributed by atoms with E-state index in [4.69, 9.17) is 26.1 Å². The van der Waals surface area contributed by atoms with Crippen molar-refractivity contribution in [1.29, 1.82) is 0 Å².